The Bertz CT molecular complexity index is 992. The fraction of sp³-hybridized carbons (Fsp3) is 0.167. The minimum Gasteiger partial charge on any atom is -0.497 e. The summed E-state index contributed by atoms with van der Waals surface area (Å²) in [6, 6.07) is 15.8. The van der Waals surface area contributed by atoms with Crippen molar-refractivity contribution in [2.45, 2.75) is 12.8 Å². The summed E-state index contributed by atoms with van der Waals surface area (Å²) in [5, 5.41) is 14.9. The predicted octanol–water partition coefficient (Wildman–Crippen LogP) is 4.03. The van der Waals surface area contributed by atoms with Crippen molar-refractivity contribution in [2.24, 2.45) is 0 Å². The van der Waals surface area contributed by atoms with Gasteiger partial charge in [0.15, 0.2) is 5.82 Å². The molecule has 2 heterocycles. The van der Waals surface area contributed by atoms with E-state index in [-0.39, 0.29) is 0 Å². The summed E-state index contributed by atoms with van der Waals surface area (Å²) < 4.78 is 7.02. The maximum atomic E-state index is 5.94. The monoisotopic (exact) mass is 370 g/mol. The second kappa shape index (κ2) is 6.82. The lowest BCUT2D eigenvalue weighted by Crippen LogP contribution is -1.98. The number of hydrogen-bond donors (Lipinski definition) is 0. The maximum Gasteiger partial charge on any atom is 0.234 e. The molecular formula is C18H15ClN4OS. The zero-order chi connectivity index (χ0) is 17.2. The van der Waals surface area contributed by atoms with Gasteiger partial charge in [0.1, 0.15) is 10.8 Å². The van der Waals surface area contributed by atoms with Gasteiger partial charge in [-0.1, -0.05) is 47.2 Å². The largest absolute Gasteiger partial charge is 0.497 e. The highest BCUT2D eigenvalue weighted by atomic mass is 35.5. The standard InChI is InChI=1S/C18H15ClN4OS/c1-24-15-8-4-13(5-9-15)11-17-22-23-16(20-21-18(23)25-17)10-12-2-6-14(19)7-3-12/h2-9H,10-11H2,1H3. The molecule has 0 atom stereocenters. The van der Waals surface area contributed by atoms with Gasteiger partial charge in [0, 0.05) is 17.9 Å². The molecule has 0 fully saturated rings. The summed E-state index contributed by atoms with van der Waals surface area (Å²) in [6.45, 7) is 0. The van der Waals surface area contributed by atoms with Crippen LogP contribution in [-0.4, -0.2) is 26.9 Å². The van der Waals surface area contributed by atoms with Gasteiger partial charge in [0.25, 0.3) is 0 Å². The van der Waals surface area contributed by atoms with Crippen molar-refractivity contribution < 1.29 is 4.74 Å². The van der Waals surface area contributed by atoms with E-state index < -0.39 is 0 Å². The molecule has 0 saturated carbocycles. The summed E-state index contributed by atoms with van der Waals surface area (Å²) in [6.07, 6.45) is 1.43. The molecular weight excluding hydrogens is 356 g/mol. The van der Waals surface area contributed by atoms with Gasteiger partial charge in [-0.25, -0.2) is 0 Å². The summed E-state index contributed by atoms with van der Waals surface area (Å²) >= 11 is 7.50. The van der Waals surface area contributed by atoms with Crippen molar-refractivity contribution in [1.29, 1.82) is 0 Å². The lowest BCUT2D eigenvalue weighted by molar-refractivity contribution is 0.414. The molecule has 0 amide bonds. The summed E-state index contributed by atoms with van der Waals surface area (Å²) in [5.74, 6) is 1.68. The molecule has 0 aliphatic rings. The van der Waals surface area contributed by atoms with Gasteiger partial charge in [0.05, 0.1) is 7.11 Å². The first-order valence-electron chi connectivity index (χ1n) is 7.78. The SMILES string of the molecule is COc1ccc(Cc2nn3c(Cc4ccc(Cl)cc4)nnc3s2)cc1. The number of methoxy groups -OCH3 is 1. The highest BCUT2D eigenvalue weighted by molar-refractivity contribution is 7.16. The third kappa shape index (κ3) is 3.50. The molecule has 0 bridgehead atoms. The molecule has 126 valence electrons. The molecule has 5 nitrogen and oxygen atoms in total. The Morgan fingerprint density at radius 3 is 2.36 bits per heavy atom. The Labute approximate surface area is 153 Å². The summed E-state index contributed by atoms with van der Waals surface area (Å²) in [5.41, 5.74) is 2.31. The van der Waals surface area contributed by atoms with E-state index in [1.54, 1.807) is 18.4 Å². The van der Waals surface area contributed by atoms with Crippen LogP contribution in [0.2, 0.25) is 5.02 Å². The van der Waals surface area contributed by atoms with Crippen LogP contribution in [0, 0.1) is 0 Å². The van der Waals surface area contributed by atoms with Gasteiger partial charge in [0.2, 0.25) is 4.96 Å². The van der Waals surface area contributed by atoms with Crippen LogP contribution in [0.25, 0.3) is 4.96 Å². The first kappa shape index (κ1) is 16.1. The van der Waals surface area contributed by atoms with Crippen LogP contribution in [-0.2, 0) is 12.8 Å². The van der Waals surface area contributed by atoms with E-state index in [2.05, 4.69) is 27.4 Å². The van der Waals surface area contributed by atoms with Gasteiger partial charge < -0.3 is 4.74 Å². The third-order valence-corrected chi connectivity index (χ3v) is 5.04. The van der Waals surface area contributed by atoms with E-state index in [0.29, 0.717) is 6.42 Å². The van der Waals surface area contributed by atoms with Crippen molar-refractivity contribution >= 4 is 27.9 Å². The quantitative estimate of drug-likeness (QED) is 0.532. The third-order valence-electron chi connectivity index (χ3n) is 3.89. The molecule has 0 saturated heterocycles. The van der Waals surface area contributed by atoms with Crippen LogP contribution < -0.4 is 4.74 Å². The van der Waals surface area contributed by atoms with E-state index in [1.807, 2.05) is 40.9 Å². The molecule has 2 aromatic carbocycles. The van der Waals surface area contributed by atoms with Crippen molar-refractivity contribution in [3.05, 3.63) is 75.5 Å². The molecule has 4 aromatic rings. The van der Waals surface area contributed by atoms with Gasteiger partial charge in [-0.2, -0.15) is 9.61 Å². The Morgan fingerprint density at radius 1 is 0.960 bits per heavy atom. The van der Waals surface area contributed by atoms with Crippen molar-refractivity contribution in [3.63, 3.8) is 0 Å². The molecule has 0 aliphatic carbocycles. The van der Waals surface area contributed by atoms with Gasteiger partial charge in [-0.15, -0.1) is 10.2 Å². The van der Waals surface area contributed by atoms with Crippen LogP contribution in [0.4, 0.5) is 0 Å². The van der Waals surface area contributed by atoms with Crippen molar-refractivity contribution in [2.75, 3.05) is 7.11 Å². The van der Waals surface area contributed by atoms with Crippen LogP contribution in [0.15, 0.2) is 48.5 Å². The molecule has 4 rings (SSSR count). The van der Waals surface area contributed by atoms with Gasteiger partial charge in [-0.3, -0.25) is 0 Å². The molecule has 7 heteroatoms. The molecule has 0 spiro atoms. The van der Waals surface area contributed by atoms with E-state index in [4.69, 9.17) is 16.3 Å². The second-order valence-electron chi connectivity index (χ2n) is 5.63. The molecule has 0 aliphatic heterocycles. The molecule has 0 unspecified atom stereocenters. The highest BCUT2D eigenvalue weighted by Gasteiger charge is 2.12. The Hall–Kier alpha value is -2.44. The Morgan fingerprint density at radius 2 is 1.64 bits per heavy atom. The summed E-state index contributed by atoms with van der Waals surface area (Å²) in [7, 11) is 1.67. The zero-order valence-corrected chi connectivity index (χ0v) is 15.1. The van der Waals surface area contributed by atoms with Crippen LogP contribution in [0.1, 0.15) is 22.0 Å². The van der Waals surface area contributed by atoms with Gasteiger partial charge in [-0.05, 0) is 35.4 Å². The van der Waals surface area contributed by atoms with Crippen LogP contribution in [0.3, 0.4) is 0 Å². The van der Waals surface area contributed by atoms with Gasteiger partial charge >= 0.3 is 0 Å². The first-order valence-corrected chi connectivity index (χ1v) is 8.98. The summed E-state index contributed by atoms with van der Waals surface area (Å²) in [4.78, 5) is 0.812. The fourth-order valence-electron chi connectivity index (χ4n) is 2.58. The minimum atomic E-state index is 0.671. The van der Waals surface area contributed by atoms with Crippen LogP contribution >= 0.6 is 22.9 Å². The van der Waals surface area contributed by atoms with Crippen molar-refractivity contribution in [1.82, 2.24) is 19.8 Å². The maximum absolute atomic E-state index is 5.94. The number of rotatable bonds is 5. The smallest absolute Gasteiger partial charge is 0.234 e. The second-order valence-corrected chi connectivity index (χ2v) is 7.11. The molecule has 0 N–H and O–H groups in total. The number of nitrogens with zero attached hydrogens (tertiary/aromatic N) is 4. The number of fused-ring (bicyclic) bond motifs is 1. The van der Waals surface area contributed by atoms with E-state index in [0.717, 1.165) is 38.5 Å². The predicted molar refractivity (Wildman–Crippen MR) is 98.7 cm³/mol. The average molecular weight is 371 g/mol. The topological polar surface area (TPSA) is 52.3 Å². The zero-order valence-electron chi connectivity index (χ0n) is 13.5. The molecule has 25 heavy (non-hydrogen) atoms. The highest BCUT2D eigenvalue weighted by Crippen LogP contribution is 2.20. The average Bonchev–Trinajstić information content (AvgIpc) is 3.19. The molecule has 2 aromatic heterocycles. The fourth-order valence-corrected chi connectivity index (χ4v) is 3.59. The minimum absolute atomic E-state index is 0.671. The van der Waals surface area contributed by atoms with Crippen LogP contribution in [0.5, 0.6) is 5.75 Å². The molecule has 0 radical (unpaired) electrons. The van der Waals surface area contributed by atoms with Crippen molar-refractivity contribution in [3.8, 4) is 5.75 Å². The number of ether oxygens (including phenoxy) is 1. The first-order chi connectivity index (χ1) is 12.2. The number of halogens is 1. The Balaban J connectivity index is 1.56. The number of benzene rings is 2. The lowest BCUT2D eigenvalue weighted by Gasteiger charge is -2.01. The Kier molecular flexibility index (Phi) is 4.38. The van der Waals surface area contributed by atoms with E-state index >= 15 is 0 Å². The number of aromatic nitrogens is 4. The normalized spacial score (nSPS) is 11.1. The lowest BCUT2D eigenvalue weighted by atomic mass is 10.1. The van der Waals surface area contributed by atoms with E-state index in [1.165, 1.54) is 5.56 Å². The van der Waals surface area contributed by atoms with E-state index in [9.17, 15) is 0 Å². The number of hydrogen-bond acceptors (Lipinski definition) is 5.